The van der Waals surface area contributed by atoms with E-state index < -0.39 is 0 Å². The fourth-order valence-corrected chi connectivity index (χ4v) is 1.09. The molecular formula is C7H5BrN2. The van der Waals surface area contributed by atoms with Crippen molar-refractivity contribution in [2.45, 2.75) is 0 Å². The van der Waals surface area contributed by atoms with Crippen LogP contribution in [0, 0.1) is 0 Å². The lowest BCUT2D eigenvalue weighted by atomic mass is 10.5. The molecule has 0 aliphatic heterocycles. The Balaban J connectivity index is 2.99. The molecule has 0 radical (unpaired) electrons. The Hall–Kier alpha value is -0.830. The average Bonchev–Trinajstić information content (AvgIpc) is 2.39. The van der Waals surface area contributed by atoms with Crippen molar-refractivity contribution in [2.75, 3.05) is 0 Å². The molecule has 0 unspecified atom stereocenters. The monoisotopic (exact) mass is 200 g/mol. The quantitative estimate of drug-likeness (QED) is 0.637. The molecule has 0 bridgehead atoms. The lowest BCUT2D eigenvalue weighted by Crippen LogP contribution is -1.84. The zero-order valence-corrected chi connectivity index (χ0v) is 6.44. The Kier molecular flexibility index (Phi) is 0.638. The van der Waals surface area contributed by atoms with Crippen molar-refractivity contribution in [2.24, 2.45) is 0 Å². The van der Waals surface area contributed by atoms with Crippen LogP contribution >= 0.6 is 15.9 Å². The summed E-state index contributed by atoms with van der Waals surface area (Å²) in [5.41, 5.74) is 0.248. The summed E-state index contributed by atoms with van der Waals surface area (Å²) in [5, 5.41) is 3.74. The molecule has 0 spiro atoms. The van der Waals surface area contributed by atoms with Gasteiger partial charge in [0.25, 0.3) is 0 Å². The van der Waals surface area contributed by atoms with Gasteiger partial charge in [-0.05, 0) is 34.1 Å². The van der Waals surface area contributed by atoms with Gasteiger partial charge >= 0.3 is 0 Å². The Bertz CT molecular complexity index is 522. The Morgan fingerprint density at radius 1 is 1.70 bits per heavy atom. The summed E-state index contributed by atoms with van der Waals surface area (Å²) < 4.78 is 31.6. The first-order valence-corrected chi connectivity index (χ1v) is 3.43. The van der Waals surface area contributed by atoms with E-state index in [1.54, 1.807) is 0 Å². The van der Waals surface area contributed by atoms with Crippen LogP contribution < -0.4 is 0 Å². The number of nitrogens with zero attached hydrogens (tertiary/aromatic N) is 2. The van der Waals surface area contributed by atoms with E-state index in [1.807, 2.05) is 0 Å². The maximum atomic E-state index is 7.60. The van der Waals surface area contributed by atoms with E-state index in [0.717, 1.165) is 0 Å². The molecular weight excluding hydrogens is 192 g/mol. The van der Waals surface area contributed by atoms with Gasteiger partial charge in [0.15, 0.2) is 0 Å². The van der Waals surface area contributed by atoms with Crippen LogP contribution in [-0.4, -0.2) is 9.61 Å². The molecule has 0 fully saturated rings. The molecule has 2 nitrogen and oxygen atoms in total. The second kappa shape index (κ2) is 2.09. The Morgan fingerprint density at radius 3 is 3.50 bits per heavy atom. The molecule has 0 aromatic carbocycles. The third kappa shape index (κ3) is 0.827. The number of hydrogen-bond donors (Lipinski definition) is 0. The van der Waals surface area contributed by atoms with E-state index in [0.29, 0.717) is 4.47 Å². The van der Waals surface area contributed by atoms with E-state index >= 15 is 0 Å². The lowest BCUT2D eigenvalue weighted by Gasteiger charge is -1.87. The first-order chi connectivity index (χ1) is 6.52. The van der Waals surface area contributed by atoms with Gasteiger partial charge in [-0.15, -0.1) is 0 Å². The summed E-state index contributed by atoms with van der Waals surface area (Å²) in [4.78, 5) is 0. The zero-order chi connectivity index (χ0) is 10.5. The molecule has 2 aromatic heterocycles. The van der Waals surface area contributed by atoms with Crippen molar-refractivity contribution in [1.82, 2.24) is 9.61 Å². The first kappa shape index (κ1) is 3.05. The molecule has 2 heterocycles. The van der Waals surface area contributed by atoms with Crippen LogP contribution in [0.2, 0.25) is 0 Å². The van der Waals surface area contributed by atoms with Crippen LogP contribution in [0.15, 0.2) is 35.0 Å². The van der Waals surface area contributed by atoms with Crippen molar-refractivity contribution in [3.05, 3.63) is 35.0 Å². The van der Waals surface area contributed by atoms with Crippen LogP contribution in [0.5, 0.6) is 0 Å². The lowest BCUT2D eigenvalue weighted by molar-refractivity contribution is 0.939. The van der Waals surface area contributed by atoms with Gasteiger partial charge in [0, 0.05) is 16.8 Å². The number of halogens is 1. The van der Waals surface area contributed by atoms with Gasteiger partial charge in [0.05, 0.1) is 11.0 Å². The maximum Gasteiger partial charge on any atom is 0.0859 e. The van der Waals surface area contributed by atoms with Crippen LogP contribution in [0.1, 0.15) is 5.48 Å². The van der Waals surface area contributed by atoms with Gasteiger partial charge in [0.1, 0.15) is 0 Å². The molecule has 50 valence electrons. The molecule has 3 heteroatoms. The SMILES string of the molecule is [2H]c1nn2cc(Br)c([2H])c2c([2H])c1[2H]. The van der Waals surface area contributed by atoms with E-state index in [2.05, 4.69) is 21.0 Å². The summed E-state index contributed by atoms with van der Waals surface area (Å²) in [7, 11) is 0. The highest BCUT2D eigenvalue weighted by atomic mass is 79.9. The van der Waals surface area contributed by atoms with Crippen molar-refractivity contribution >= 4 is 21.4 Å². The molecule has 2 rings (SSSR count). The van der Waals surface area contributed by atoms with E-state index in [9.17, 15) is 0 Å². The predicted octanol–water partition coefficient (Wildman–Crippen LogP) is 2.10. The molecule has 0 atom stereocenters. The Labute approximate surface area is 72.2 Å². The van der Waals surface area contributed by atoms with E-state index in [1.165, 1.54) is 10.7 Å². The summed E-state index contributed by atoms with van der Waals surface area (Å²) >= 11 is 3.14. The fraction of sp³-hybridized carbons (Fsp3) is 0. The predicted molar refractivity (Wildman–Crippen MR) is 42.9 cm³/mol. The largest absolute Gasteiger partial charge is 0.240 e. The summed E-state index contributed by atoms with van der Waals surface area (Å²) in [6, 6.07) is -0.270. The van der Waals surface area contributed by atoms with Gasteiger partial charge < -0.3 is 0 Å². The number of hydrogen-bond acceptors (Lipinski definition) is 1. The van der Waals surface area contributed by atoms with Crippen LogP contribution in [0.25, 0.3) is 5.52 Å². The molecule has 0 N–H and O–H groups in total. The van der Waals surface area contributed by atoms with Crippen molar-refractivity contribution in [3.63, 3.8) is 0 Å². The fourth-order valence-electron chi connectivity index (χ4n) is 0.708. The number of rotatable bonds is 0. The molecule has 2 aromatic rings. The van der Waals surface area contributed by atoms with Gasteiger partial charge in [-0.2, -0.15) is 5.10 Å². The molecule has 0 saturated heterocycles. The van der Waals surface area contributed by atoms with Crippen molar-refractivity contribution in [1.29, 1.82) is 0 Å². The van der Waals surface area contributed by atoms with Gasteiger partial charge in [-0.1, -0.05) is 0 Å². The highest BCUT2D eigenvalue weighted by molar-refractivity contribution is 9.10. The standard InChI is InChI=1S/C7H5BrN2/c8-6-4-7-2-1-3-9-10(7)5-6/h1-5H/i1D,2D,3D,4D. The second-order valence-corrected chi connectivity index (χ2v) is 2.61. The third-order valence-corrected chi connectivity index (χ3v) is 1.50. The summed E-state index contributed by atoms with van der Waals surface area (Å²) in [6.07, 6.45) is 1.25. The number of fused-ring (bicyclic) bond motifs is 1. The molecule has 0 amide bonds. The van der Waals surface area contributed by atoms with Crippen LogP contribution in [0.3, 0.4) is 0 Å². The second-order valence-electron chi connectivity index (χ2n) is 1.76. The van der Waals surface area contributed by atoms with Crippen LogP contribution in [-0.2, 0) is 0 Å². The smallest absolute Gasteiger partial charge is 0.0859 e. The molecule has 0 saturated carbocycles. The molecule has 0 aliphatic carbocycles. The average molecular weight is 201 g/mol. The maximum absolute atomic E-state index is 7.60. The van der Waals surface area contributed by atoms with E-state index in [4.69, 9.17) is 5.48 Å². The highest BCUT2D eigenvalue weighted by Gasteiger charge is 1.93. The minimum absolute atomic E-state index is 0.121. The normalized spacial score (nSPS) is 16.1. The minimum atomic E-state index is -0.259. The van der Waals surface area contributed by atoms with Crippen molar-refractivity contribution < 1.29 is 5.48 Å². The Morgan fingerprint density at radius 2 is 2.60 bits per heavy atom. The number of aromatic nitrogens is 2. The topological polar surface area (TPSA) is 17.3 Å². The third-order valence-electron chi connectivity index (χ3n) is 1.10. The van der Waals surface area contributed by atoms with Gasteiger partial charge in [-0.3, -0.25) is 0 Å². The van der Waals surface area contributed by atoms with Gasteiger partial charge in [-0.25, -0.2) is 4.52 Å². The van der Waals surface area contributed by atoms with Crippen molar-refractivity contribution in [3.8, 4) is 0 Å². The molecule has 10 heavy (non-hydrogen) atoms. The van der Waals surface area contributed by atoms with E-state index in [-0.39, 0.29) is 29.8 Å². The summed E-state index contributed by atoms with van der Waals surface area (Å²) in [5.74, 6) is 0. The van der Waals surface area contributed by atoms with Crippen LogP contribution in [0.4, 0.5) is 0 Å². The first-order valence-electron chi connectivity index (χ1n) is 4.63. The van der Waals surface area contributed by atoms with Gasteiger partial charge in [0.2, 0.25) is 0 Å². The highest BCUT2D eigenvalue weighted by Crippen LogP contribution is 2.13. The molecule has 0 aliphatic rings. The summed E-state index contributed by atoms with van der Waals surface area (Å²) in [6.45, 7) is 0. The minimum Gasteiger partial charge on any atom is -0.240 e. The zero-order valence-electron chi connectivity index (χ0n) is 8.85.